The topological polar surface area (TPSA) is 44.1 Å². The highest BCUT2D eigenvalue weighted by molar-refractivity contribution is 5.86. The molecule has 0 atom stereocenters. The van der Waals surface area contributed by atoms with Gasteiger partial charge in [0.15, 0.2) is 0 Å². The first-order valence-electron chi connectivity index (χ1n) is 6.27. The van der Waals surface area contributed by atoms with Gasteiger partial charge < -0.3 is 9.30 Å². The van der Waals surface area contributed by atoms with Crippen molar-refractivity contribution >= 4 is 17.3 Å². The van der Waals surface area contributed by atoms with Gasteiger partial charge in [0, 0.05) is 18.2 Å². The summed E-state index contributed by atoms with van der Waals surface area (Å²) in [7, 11) is 3.58. The maximum Gasteiger partial charge on any atom is 0.150 e. The van der Waals surface area contributed by atoms with Crippen LogP contribution in [-0.2, 0) is 7.05 Å². The lowest BCUT2D eigenvalue weighted by molar-refractivity contribution is 0.112. The number of hydrogen-bond acceptors (Lipinski definition) is 3. The average molecular weight is 266 g/mol. The Hall–Kier alpha value is -2.62. The van der Waals surface area contributed by atoms with Gasteiger partial charge in [-0.15, -0.1) is 0 Å². The van der Waals surface area contributed by atoms with Gasteiger partial charge >= 0.3 is 0 Å². The summed E-state index contributed by atoms with van der Waals surface area (Å²) in [6.07, 6.45) is 2.62. The molecule has 0 aliphatic heterocycles. The molecule has 0 unspecified atom stereocenters. The quantitative estimate of drug-likeness (QED) is 0.684. The Balaban J connectivity index is 2.20. The number of methoxy groups -OCH3 is 1. The number of fused-ring (bicyclic) bond motifs is 1. The van der Waals surface area contributed by atoms with E-state index in [9.17, 15) is 4.79 Å². The minimum Gasteiger partial charge on any atom is -0.496 e. The average Bonchev–Trinajstić information content (AvgIpc) is 2.87. The monoisotopic (exact) mass is 266 g/mol. The second kappa shape index (κ2) is 4.81. The number of carbonyl (C=O) groups excluding carboxylic acids is 1. The van der Waals surface area contributed by atoms with Gasteiger partial charge in [0.1, 0.15) is 12.0 Å². The predicted molar refractivity (Wildman–Crippen MR) is 78.1 cm³/mol. The van der Waals surface area contributed by atoms with Crippen LogP contribution >= 0.6 is 0 Å². The molecule has 20 heavy (non-hydrogen) atoms. The Morgan fingerprint density at radius 3 is 2.80 bits per heavy atom. The Bertz CT molecular complexity index is 790. The van der Waals surface area contributed by atoms with Crippen molar-refractivity contribution in [3.05, 3.63) is 48.3 Å². The molecular formula is C16H14N2O2. The molecule has 0 amide bonds. The van der Waals surface area contributed by atoms with Crippen molar-refractivity contribution in [1.82, 2.24) is 9.55 Å². The molecule has 1 heterocycles. The van der Waals surface area contributed by atoms with Crippen molar-refractivity contribution in [2.45, 2.75) is 0 Å². The van der Waals surface area contributed by atoms with Gasteiger partial charge in [0.05, 0.1) is 24.5 Å². The van der Waals surface area contributed by atoms with Crippen LogP contribution in [0.15, 0.2) is 42.7 Å². The van der Waals surface area contributed by atoms with Crippen LogP contribution in [0.25, 0.3) is 22.2 Å². The van der Waals surface area contributed by atoms with Gasteiger partial charge in [0.2, 0.25) is 0 Å². The summed E-state index contributed by atoms with van der Waals surface area (Å²) in [6, 6.07) is 11.4. The second-order valence-electron chi connectivity index (χ2n) is 4.64. The lowest BCUT2D eigenvalue weighted by atomic mass is 10.0. The van der Waals surface area contributed by atoms with E-state index in [1.54, 1.807) is 19.5 Å². The molecule has 3 rings (SSSR count). The van der Waals surface area contributed by atoms with E-state index >= 15 is 0 Å². The maximum atomic E-state index is 10.9. The molecule has 4 heteroatoms. The number of aldehydes is 1. The number of benzene rings is 2. The molecule has 0 saturated carbocycles. The van der Waals surface area contributed by atoms with Crippen molar-refractivity contribution < 1.29 is 9.53 Å². The van der Waals surface area contributed by atoms with Gasteiger partial charge in [-0.25, -0.2) is 4.98 Å². The molecule has 0 bridgehead atoms. The summed E-state index contributed by atoms with van der Waals surface area (Å²) in [5.41, 5.74) is 4.49. The second-order valence-corrected chi connectivity index (χ2v) is 4.64. The molecule has 0 spiro atoms. The SMILES string of the molecule is COc1ccc(C=O)cc1-c1ccc2c(c1)ncn2C. The van der Waals surface area contributed by atoms with Crippen LogP contribution in [0.1, 0.15) is 10.4 Å². The lowest BCUT2D eigenvalue weighted by Crippen LogP contribution is -1.91. The summed E-state index contributed by atoms with van der Waals surface area (Å²) in [4.78, 5) is 15.3. The smallest absolute Gasteiger partial charge is 0.150 e. The normalized spacial score (nSPS) is 10.7. The van der Waals surface area contributed by atoms with E-state index in [1.807, 2.05) is 41.9 Å². The zero-order valence-corrected chi connectivity index (χ0v) is 11.3. The van der Waals surface area contributed by atoms with Crippen LogP contribution in [0, 0.1) is 0 Å². The molecule has 1 aromatic heterocycles. The van der Waals surface area contributed by atoms with Crippen molar-refractivity contribution in [2.75, 3.05) is 7.11 Å². The van der Waals surface area contributed by atoms with Crippen LogP contribution < -0.4 is 4.74 Å². The first kappa shape index (κ1) is 12.4. The van der Waals surface area contributed by atoms with Crippen LogP contribution in [0.2, 0.25) is 0 Å². The summed E-state index contributed by atoms with van der Waals surface area (Å²) >= 11 is 0. The van der Waals surface area contributed by atoms with E-state index in [-0.39, 0.29) is 0 Å². The third kappa shape index (κ3) is 1.95. The Labute approximate surface area is 116 Å². The molecule has 4 nitrogen and oxygen atoms in total. The van der Waals surface area contributed by atoms with E-state index in [0.29, 0.717) is 5.56 Å². The third-order valence-corrected chi connectivity index (χ3v) is 3.40. The minimum absolute atomic E-state index is 0.627. The number of aromatic nitrogens is 2. The fourth-order valence-electron chi connectivity index (χ4n) is 2.33. The van der Waals surface area contributed by atoms with Crippen LogP contribution in [0.4, 0.5) is 0 Å². The summed E-state index contributed by atoms with van der Waals surface area (Å²) in [5, 5.41) is 0. The van der Waals surface area contributed by atoms with Gasteiger partial charge in [-0.3, -0.25) is 4.79 Å². The van der Waals surface area contributed by atoms with Crippen molar-refractivity contribution in [3.63, 3.8) is 0 Å². The van der Waals surface area contributed by atoms with Crippen molar-refractivity contribution in [1.29, 1.82) is 0 Å². The largest absolute Gasteiger partial charge is 0.496 e. The molecule has 0 aliphatic carbocycles. The molecule has 0 radical (unpaired) electrons. The fourth-order valence-corrected chi connectivity index (χ4v) is 2.33. The number of imidazole rings is 1. The van der Waals surface area contributed by atoms with Gasteiger partial charge in [-0.2, -0.15) is 0 Å². The molecule has 0 saturated heterocycles. The molecule has 2 aromatic carbocycles. The molecule has 0 N–H and O–H groups in total. The van der Waals surface area contributed by atoms with E-state index in [4.69, 9.17) is 4.74 Å². The zero-order valence-electron chi connectivity index (χ0n) is 11.3. The summed E-state index contributed by atoms with van der Waals surface area (Å²) in [5.74, 6) is 0.742. The number of carbonyl (C=O) groups is 1. The minimum atomic E-state index is 0.627. The standard InChI is InChI=1S/C16H14N2O2/c1-18-10-17-14-8-12(4-5-15(14)18)13-7-11(9-19)3-6-16(13)20-2/h3-10H,1-2H3. The number of nitrogens with zero attached hydrogens (tertiary/aromatic N) is 2. The van der Waals surface area contributed by atoms with Crippen LogP contribution in [0.5, 0.6) is 5.75 Å². The number of ether oxygens (including phenoxy) is 1. The molecule has 0 fully saturated rings. The van der Waals surface area contributed by atoms with Crippen molar-refractivity contribution in [2.24, 2.45) is 7.05 Å². The molecular weight excluding hydrogens is 252 g/mol. The predicted octanol–water partition coefficient (Wildman–Crippen LogP) is 3.06. The number of rotatable bonds is 3. The van der Waals surface area contributed by atoms with Crippen molar-refractivity contribution in [3.8, 4) is 16.9 Å². The van der Waals surface area contributed by atoms with Crippen LogP contribution in [-0.4, -0.2) is 22.9 Å². The highest BCUT2D eigenvalue weighted by Gasteiger charge is 2.09. The van der Waals surface area contributed by atoms with Gasteiger partial charge in [0.25, 0.3) is 0 Å². The zero-order chi connectivity index (χ0) is 14.1. The van der Waals surface area contributed by atoms with E-state index in [2.05, 4.69) is 4.98 Å². The molecule has 100 valence electrons. The van der Waals surface area contributed by atoms with Gasteiger partial charge in [-0.05, 0) is 35.9 Å². The summed E-state index contributed by atoms with van der Waals surface area (Å²) < 4.78 is 7.35. The lowest BCUT2D eigenvalue weighted by Gasteiger charge is -2.09. The molecule has 0 aliphatic rings. The first-order chi connectivity index (χ1) is 9.72. The number of aryl methyl sites for hydroxylation is 1. The third-order valence-electron chi connectivity index (χ3n) is 3.40. The first-order valence-corrected chi connectivity index (χ1v) is 6.27. The highest BCUT2D eigenvalue weighted by atomic mass is 16.5. The Morgan fingerprint density at radius 2 is 2.05 bits per heavy atom. The highest BCUT2D eigenvalue weighted by Crippen LogP contribution is 2.32. The molecule has 3 aromatic rings. The summed E-state index contributed by atoms with van der Waals surface area (Å²) in [6.45, 7) is 0. The van der Waals surface area contributed by atoms with E-state index < -0.39 is 0 Å². The maximum absolute atomic E-state index is 10.9. The van der Waals surface area contributed by atoms with E-state index in [0.717, 1.165) is 34.2 Å². The van der Waals surface area contributed by atoms with Gasteiger partial charge in [-0.1, -0.05) is 6.07 Å². The fraction of sp³-hybridized carbons (Fsp3) is 0.125. The van der Waals surface area contributed by atoms with Crippen LogP contribution in [0.3, 0.4) is 0 Å². The number of hydrogen-bond donors (Lipinski definition) is 0. The Kier molecular flexibility index (Phi) is 2.99. The Morgan fingerprint density at radius 1 is 1.20 bits per heavy atom. The van der Waals surface area contributed by atoms with E-state index in [1.165, 1.54) is 0 Å².